The Balaban J connectivity index is 1.67. The fourth-order valence-electron chi connectivity index (χ4n) is 3.82. The molecular weight excluding hydrogens is 377 g/mol. The molecule has 0 unspecified atom stereocenters. The molecule has 146 valence electrons. The smallest absolute Gasteiger partial charge is 0.399 e. The van der Waals surface area contributed by atoms with E-state index in [9.17, 15) is 0 Å². The molecule has 2 aliphatic heterocycles. The van der Waals surface area contributed by atoms with E-state index in [1.165, 1.54) is 21.2 Å². The van der Waals surface area contributed by atoms with Crippen molar-refractivity contribution in [2.45, 2.75) is 48.7 Å². The van der Waals surface area contributed by atoms with Crippen molar-refractivity contribution in [1.29, 1.82) is 0 Å². The summed E-state index contributed by atoms with van der Waals surface area (Å²) in [5.41, 5.74) is 3.74. The molecule has 0 atom stereocenters. The van der Waals surface area contributed by atoms with Gasteiger partial charge in [-0.2, -0.15) is 0 Å². The zero-order valence-electron chi connectivity index (χ0n) is 17.2. The molecule has 5 heteroatoms. The topological polar surface area (TPSA) is 21.7 Å². The number of rotatable bonds is 2. The second kappa shape index (κ2) is 6.66. The van der Waals surface area contributed by atoms with Gasteiger partial charge in [0, 0.05) is 20.9 Å². The minimum absolute atomic E-state index is 0.377. The molecule has 1 fully saturated rings. The van der Waals surface area contributed by atoms with Gasteiger partial charge in [-0.1, -0.05) is 54.2 Å². The summed E-state index contributed by atoms with van der Waals surface area (Å²) < 4.78 is 12.8. The fourth-order valence-corrected chi connectivity index (χ4v) is 4.88. The molecule has 29 heavy (non-hydrogen) atoms. The third-order valence-corrected chi connectivity index (χ3v) is 7.25. The van der Waals surface area contributed by atoms with E-state index in [2.05, 4.69) is 105 Å². The molecule has 1 saturated heterocycles. The Morgan fingerprint density at radius 3 is 1.66 bits per heavy atom. The van der Waals surface area contributed by atoms with Crippen LogP contribution >= 0.6 is 11.8 Å². The molecule has 2 heterocycles. The van der Waals surface area contributed by atoms with Gasteiger partial charge >= 0.3 is 7.12 Å². The Labute approximate surface area is 177 Å². The van der Waals surface area contributed by atoms with E-state index in [1.54, 1.807) is 0 Å². The third kappa shape index (κ3) is 3.00. The molecule has 0 bridgehead atoms. The van der Waals surface area contributed by atoms with Crippen molar-refractivity contribution in [2.75, 3.05) is 4.90 Å². The lowest BCUT2D eigenvalue weighted by Gasteiger charge is -2.34. The van der Waals surface area contributed by atoms with Crippen molar-refractivity contribution in [1.82, 2.24) is 0 Å². The van der Waals surface area contributed by atoms with Crippen molar-refractivity contribution < 1.29 is 9.31 Å². The summed E-state index contributed by atoms with van der Waals surface area (Å²) in [5, 5.41) is 0. The first-order valence-corrected chi connectivity index (χ1v) is 10.8. The normalized spacial score (nSPS) is 19.0. The lowest BCUT2D eigenvalue weighted by Crippen LogP contribution is -2.41. The lowest BCUT2D eigenvalue weighted by atomic mass is 9.77. The molecule has 2 aliphatic rings. The Bertz CT molecular complexity index is 1020. The highest BCUT2D eigenvalue weighted by Crippen LogP contribution is 2.51. The van der Waals surface area contributed by atoms with Gasteiger partial charge in [0.15, 0.2) is 0 Å². The van der Waals surface area contributed by atoms with Crippen LogP contribution in [0.5, 0.6) is 0 Å². The second-order valence-electron chi connectivity index (χ2n) is 8.52. The minimum Gasteiger partial charge on any atom is -0.399 e. The molecule has 0 spiro atoms. The van der Waals surface area contributed by atoms with Crippen molar-refractivity contribution >= 4 is 41.4 Å². The second-order valence-corrected chi connectivity index (χ2v) is 9.60. The van der Waals surface area contributed by atoms with Crippen LogP contribution in [0.1, 0.15) is 27.7 Å². The maximum absolute atomic E-state index is 6.40. The first-order chi connectivity index (χ1) is 13.9. The Morgan fingerprint density at radius 1 is 0.655 bits per heavy atom. The minimum atomic E-state index is -0.412. The van der Waals surface area contributed by atoms with Gasteiger partial charge in [0.05, 0.1) is 22.6 Å². The van der Waals surface area contributed by atoms with Crippen molar-refractivity contribution in [2.24, 2.45) is 0 Å². The van der Waals surface area contributed by atoms with Gasteiger partial charge in [0.2, 0.25) is 0 Å². The predicted octanol–water partition coefficient (Wildman–Crippen LogP) is 5.92. The van der Waals surface area contributed by atoms with Crippen LogP contribution in [0.25, 0.3) is 0 Å². The molecular formula is C24H24BNO2S. The third-order valence-electron chi connectivity index (χ3n) is 6.12. The maximum atomic E-state index is 6.40. The number of para-hydroxylation sites is 3. The highest BCUT2D eigenvalue weighted by Gasteiger charge is 2.52. The summed E-state index contributed by atoms with van der Waals surface area (Å²) in [7, 11) is -0.412. The molecule has 0 saturated carbocycles. The summed E-state index contributed by atoms with van der Waals surface area (Å²) in [5.74, 6) is 0. The lowest BCUT2D eigenvalue weighted by molar-refractivity contribution is 0.00578. The molecule has 0 radical (unpaired) electrons. The van der Waals surface area contributed by atoms with Gasteiger partial charge in [-0.25, -0.2) is 0 Å². The SMILES string of the molecule is CC1(C)OB(c2ccccc2N2c3ccccc3Sc3ccccc32)OC1(C)C. The molecule has 0 amide bonds. The molecule has 3 aromatic rings. The Kier molecular flexibility index (Phi) is 4.32. The van der Waals surface area contributed by atoms with Gasteiger partial charge in [0.1, 0.15) is 0 Å². The highest BCUT2D eigenvalue weighted by molar-refractivity contribution is 7.99. The van der Waals surface area contributed by atoms with Crippen molar-refractivity contribution in [3.8, 4) is 0 Å². The average molecular weight is 401 g/mol. The number of hydrogen-bond donors (Lipinski definition) is 0. The van der Waals surface area contributed by atoms with Gasteiger partial charge in [-0.15, -0.1) is 0 Å². The van der Waals surface area contributed by atoms with Gasteiger partial charge in [-0.3, -0.25) is 0 Å². The molecule has 0 aromatic heterocycles. The monoisotopic (exact) mass is 401 g/mol. The number of anilines is 3. The van der Waals surface area contributed by atoms with Crippen LogP contribution < -0.4 is 10.4 Å². The van der Waals surface area contributed by atoms with E-state index >= 15 is 0 Å². The van der Waals surface area contributed by atoms with E-state index in [1.807, 2.05) is 11.8 Å². The highest BCUT2D eigenvalue weighted by atomic mass is 32.2. The summed E-state index contributed by atoms with van der Waals surface area (Å²) in [6.07, 6.45) is 0. The first-order valence-electron chi connectivity index (χ1n) is 9.98. The summed E-state index contributed by atoms with van der Waals surface area (Å²) in [6.45, 7) is 8.38. The van der Waals surface area contributed by atoms with E-state index in [-0.39, 0.29) is 11.2 Å². The van der Waals surface area contributed by atoms with Crippen LogP contribution in [-0.4, -0.2) is 18.3 Å². The maximum Gasteiger partial charge on any atom is 0.496 e. The number of nitrogens with zero attached hydrogens (tertiary/aromatic N) is 1. The standard InChI is InChI=1S/C24H24BNO2S/c1-23(2)24(3,4)28-25(27-23)17-11-5-6-12-18(17)26-19-13-7-9-15-21(19)29-22-16-10-8-14-20(22)26/h5-16H,1-4H3. The van der Waals surface area contributed by atoms with E-state index in [0.29, 0.717) is 0 Å². The number of hydrogen-bond acceptors (Lipinski definition) is 4. The Hall–Kier alpha value is -2.21. The van der Waals surface area contributed by atoms with Crippen LogP contribution in [0.3, 0.4) is 0 Å². The molecule has 0 aliphatic carbocycles. The largest absolute Gasteiger partial charge is 0.496 e. The average Bonchev–Trinajstić information content (AvgIpc) is 2.93. The zero-order valence-corrected chi connectivity index (χ0v) is 18.0. The van der Waals surface area contributed by atoms with Gasteiger partial charge in [0.25, 0.3) is 0 Å². The van der Waals surface area contributed by atoms with Crippen molar-refractivity contribution in [3.63, 3.8) is 0 Å². The zero-order chi connectivity index (χ0) is 20.2. The quantitative estimate of drug-likeness (QED) is 0.389. The van der Waals surface area contributed by atoms with Gasteiger partial charge < -0.3 is 14.2 Å². The summed E-state index contributed by atoms with van der Waals surface area (Å²) >= 11 is 1.81. The molecule has 3 nitrogen and oxygen atoms in total. The van der Waals surface area contributed by atoms with Crippen LogP contribution in [0.15, 0.2) is 82.6 Å². The molecule has 5 rings (SSSR count). The summed E-state index contributed by atoms with van der Waals surface area (Å²) in [6, 6.07) is 25.5. The van der Waals surface area contributed by atoms with E-state index < -0.39 is 7.12 Å². The molecule has 0 N–H and O–H groups in total. The van der Waals surface area contributed by atoms with Gasteiger partial charge in [-0.05, 0) is 58.0 Å². The van der Waals surface area contributed by atoms with Crippen molar-refractivity contribution in [3.05, 3.63) is 72.8 Å². The first kappa shape index (κ1) is 18.8. The van der Waals surface area contributed by atoms with E-state index in [4.69, 9.17) is 9.31 Å². The number of benzene rings is 3. The van der Waals surface area contributed by atoms with Crippen LogP contribution in [0, 0.1) is 0 Å². The Morgan fingerprint density at radius 2 is 1.10 bits per heavy atom. The fraction of sp³-hybridized carbons (Fsp3) is 0.250. The molecule has 3 aromatic carbocycles. The van der Waals surface area contributed by atoms with Crippen LogP contribution in [-0.2, 0) is 9.31 Å². The van der Waals surface area contributed by atoms with E-state index in [0.717, 1.165) is 11.2 Å². The van der Waals surface area contributed by atoms with Crippen LogP contribution in [0.4, 0.5) is 17.1 Å². The summed E-state index contributed by atoms with van der Waals surface area (Å²) in [4.78, 5) is 4.83. The predicted molar refractivity (Wildman–Crippen MR) is 121 cm³/mol. The van der Waals surface area contributed by atoms with Crippen LogP contribution in [0.2, 0.25) is 0 Å². The number of fused-ring (bicyclic) bond motifs is 2.